The summed E-state index contributed by atoms with van der Waals surface area (Å²) in [4.78, 5) is 12.5. The Hall–Kier alpha value is -2.54. The summed E-state index contributed by atoms with van der Waals surface area (Å²) in [5.41, 5.74) is 2.81. The van der Waals surface area contributed by atoms with Crippen molar-refractivity contribution in [3.63, 3.8) is 0 Å². The first kappa shape index (κ1) is 22.7. The molecule has 0 aliphatic heterocycles. The summed E-state index contributed by atoms with van der Waals surface area (Å²) in [5, 5.41) is 3.07. The van der Waals surface area contributed by atoms with Crippen LogP contribution in [0.25, 0.3) is 0 Å². The lowest BCUT2D eigenvalue weighted by molar-refractivity contribution is -0.121. The van der Waals surface area contributed by atoms with Gasteiger partial charge >= 0.3 is 0 Å². The average Bonchev–Trinajstić information content (AvgIpc) is 2.69. The molecular weight excluding hydrogens is 388 g/mol. The number of aryl methyl sites for hydroxylation is 1. The van der Waals surface area contributed by atoms with Crippen LogP contribution in [0.2, 0.25) is 0 Å². The maximum absolute atomic E-state index is 12.5. The van der Waals surface area contributed by atoms with E-state index >= 15 is 0 Å². The number of methoxy groups -OCH3 is 1. The number of benzene rings is 2. The molecule has 0 saturated carbocycles. The van der Waals surface area contributed by atoms with Gasteiger partial charge in [0.15, 0.2) is 0 Å². The van der Waals surface area contributed by atoms with Crippen LogP contribution in [0.1, 0.15) is 43.4 Å². The van der Waals surface area contributed by atoms with Crippen LogP contribution in [0, 0.1) is 6.92 Å². The number of ether oxygens (including phenoxy) is 1. The molecule has 0 saturated heterocycles. The number of nitrogens with one attached hydrogen (secondary N) is 1. The zero-order valence-corrected chi connectivity index (χ0v) is 18.3. The van der Waals surface area contributed by atoms with E-state index in [2.05, 4.69) is 5.32 Å². The molecule has 7 heteroatoms. The Bertz CT molecular complexity index is 911. The predicted molar refractivity (Wildman–Crippen MR) is 117 cm³/mol. The second kappa shape index (κ2) is 10.3. The van der Waals surface area contributed by atoms with Crippen LogP contribution in [0.15, 0.2) is 48.5 Å². The first-order valence-electron chi connectivity index (χ1n) is 9.73. The molecule has 1 N–H and O–H groups in total. The van der Waals surface area contributed by atoms with Gasteiger partial charge in [0.2, 0.25) is 15.9 Å². The second-order valence-electron chi connectivity index (χ2n) is 7.02. The van der Waals surface area contributed by atoms with Gasteiger partial charge in [-0.2, -0.15) is 0 Å². The molecule has 2 aromatic carbocycles. The average molecular weight is 419 g/mol. The fourth-order valence-electron chi connectivity index (χ4n) is 3.26. The van der Waals surface area contributed by atoms with Crippen molar-refractivity contribution in [2.75, 3.05) is 24.2 Å². The summed E-state index contributed by atoms with van der Waals surface area (Å²) in [6.45, 7) is 4.30. The predicted octanol–water partition coefficient (Wildman–Crippen LogP) is 3.82. The molecular formula is C22H30N2O4S. The molecule has 0 bridgehead atoms. The topological polar surface area (TPSA) is 75.7 Å². The lowest BCUT2D eigenvalue weighted by atomic mass is 9.99. The number of hydrogen-bond donors (Lipinski definition) is 1. The molecule has 0 fully saturated rings. The Morgan fingerprint density at radius 3 is 2.34 bits per heavy atom. The second-order valence-corrected chi connectivity index (χ2v) is 8.93. The molecule has 0 spiro atoms. The summed E-state index contributed by atoms with van der Waals surface area (Å²) in [5.74, 6) is 0.576. The lowest BCUT2D eigenvalue weighted by Crippen LogP contribution is -2.33. The zero-order valence-electron chi connectivity index (χ0n) is 17.5. The van der Waals surface area contributed by atoms with Gasteiger partial charge in [-0.05, 0) is 55.2 Å². The minimum atomic E-state index is -3.45. The van der Waals surface area contributed by atoms with Crippen molar-refractivity contribution in [3.8, 4) is 5.75 Å². The highest BCUT2D eigenvalue weighted by Gasteiger charge is 2.19. The number of carbonyl (C=O) groups is 1. The summed E-state index contributed by atoms with van der Waals surface area (Å²) in [7, 11) is -1.89. The van der Waals surface area contributed by atoms with Gasteiger partial charge in [-0.1, -0.05) is 31.2 Å². The Labute approximate surface area is 173 Å². The monoisotopic (exact) mass is 418 g/mol. The van der Waals surface area contributed by atoms with Crippen LogP contribution in [0.3, 0.4) is 0 Å². The molecule has 0 heterocycles. The van der Waals surface area contributed by atoms with Gasteiger partial charge in [0, 0.05) is 13.0 Å². The van der Waals surface area contributed by atoms with E-state index in [1.807, 2.05) is 38.1 Å². The van der Waals surface area contributed by atoms with Gasteiger partial charge in [-0.3, -0.25) is 9.10 Å². The molecule has 0 aliphatic carbocycles. The normalized spacial score (nSPS) is 12.3. The molecule has 0 radical (unpaired) electrons. The largest absolute Gasteiger partial charge is 0.497 e. The van der Waals surface area contributed by atoms with Crippen LogP contribution in [-0.2, 0) is 14.8 Å². The minimum absolute atomic E-state index is 0.0451. The standard InChI is InChI=1S/C22H30N2O4S/c1-5-21(20-10-7-6-9-17(20)2)23-22(25)11-8-16-24(29(4,26)27)18-12-14-19(28-3)15-13-18/h6-7,9-10,12-15,21H,5,8,11,16H2,1-4H3,(H,23,25)/t21-/m1/s1. The first-order chi connectivity index (χ1) is 13.8. The van der Waals surface area contributed by atoms with E-state index in [1.165, 1.54) is 10.6 Å². The smallest absolute Gasteiger partial charge is 0.232 e. The Balaban J connectivity index is 1.97. The third kappa shape index (κ3) is 6.49. The number of amides is 1. The zero-order chi connectivity index (χ0) is 21.4. The number of carbonyl (C=O) groups excluding carboxylic acids is 1. The quantitative estimate of drug-likeness (QED) is 0.636. The number of hydrogen-bond acceptors (Lipinski definition) is 4. The SMILES string of the molecule is CC[C@@H](NC(=O)CCCN(c1ccc(OC)cc1)S(C)(=O)=O)c1ccccc1C. The van der Waals surface area contributed by atoms with Crippen LogP contribution >= 0.6 is 0 Å². The summed E-state index contributed by atoms with van der Waals surface area (Å²) < 4.78 is 30.8. The molecule has 2 aromatic rings. The molecule has 0 aliphatic rings. The maximum Gasteiger partial charge on any atom is 0.232 e. The number of rotatable bonds is 10. The molecule has 0 unspecified atom stereocenters. The van der Waals surface area contributed by atoms with Crippen LogP contribution < -0.4 is 14.4 Å². The summed E-state index contributed by atoms with van der Waals surface area (Å²) in [6, 6.07) is 14.8. The van der Waals surface area contributed by atoms with E-state index in [9.17, 15) is 13.2 Å². The van der Waals surface area contributed by atoms with E-state index in [-0.39, 0.29) is 24.9 Å². The number of sulfonamides is 1. The molecule has 2 rings (SSSR count). The highest BCUT2D eigenvalue weighted by molar-refractivity contribution is 7.92. The van der Waals surface area contributed by atoms with Gasteiger partial charge in [0.05, 0.1) is 25.1 Å². The highest BCUT2D eigenvalue weighted by atomic mass is 32.2. The van der Waals surface area contributed by atoms with Gasteiger partial charge in [-0.25, -0.2) is 8.42 Å². The molecule has 1 atom stereocenters. The van der Waals surface area contributed by atoms with E-state index in [1.54, 1.807) is 31.4 Å². The molecule has 158 valence electrons. The third-order valence-corrected chi connectivity index (χ3v) is 6.03. The molecule has 6 nitrogen and oxygen atoms in total. The summed E-state index contributed by atoms with van der Waals surface area (Å²) in [6.07, 6.45) is 2.64. The lowest BCUT2D eigenvalue weighted by Gasteiger charge is -2.23. The van der Waals surface area contributed by atoms with Crippen LogP contribution in [-0.4, -0.2) is 34.2 Å². The third-order valence-electron chi connectivity index (χ3n) is 4.83. The van der Waals surface area contributed by atoms with Crippen molar-refractivity contribution in [2.24, 2.45) is 0 Å². The first-order valence-corrected chi connectivity index (χ1v) is 11.6. The maximum atomic E-state index is 12.5. The van der Waals surface area contributed by atoms with E-state index in [0.29, 0.717) is 17.9 Å². The molecule has 1 amide bonds. The molecule has 29 heavy (non-hydrogen) atoms. The number of nitrogens with zero attached hydrogens (tertiary/aromatic N) is 1. The highest BCUT2D eigenvalue weighted by Crippen LogP contribution is 2.23. The molecule has 0 aromatic heterocycles. The van der Waals surface area contributed by atoms with Crippen molar-refractivity contribution in [1.29, 1.82) is 0 Å². The Morgan fingerprint density at radius 2 is 1.79 bits per heavy atom. The Morgan fingerprint density at radius 1 is 1.14 bits per heavy atom. The fourth-order valence-corrected chi connectivity index (χ4v) is 4.23. The minimum Gasteiger partial charge on any atom is -0.497 e. The van der Waals surface area contributed by atoms with Gasteiger partial charge in [-0.15, -0.1) is 0 Å². The van der Waals surface area contributed by atoms with Crippen molar-refractivity contribution in [1.82, 2.24) is 5.32 Å². The number of anilines is 1. The van der Waals surface area contributed by atoms with Gasteiger partial charge in [0.1, 0.15) is 5.75 Å². The summed E-state index contributed by atoms with van der Waals surface area (Å²) >= 11 is 0. The van der Waals surface area contributed by atoms with Crippen molar-refractivity contribution < 1.29 is 17.9 Å². The van der Waals surface area contributed by atoms with Crippen molar-refractivity contribution >= 4 is 21.6 Å². The van der Waals surface area contributed by atoms with Crippen molar-refractivity contribution in [2.45, 2.75) is 39.2 Å². The van der Waals surface area contributed by atoms with Crippen LogP contribution in [0.4, 0.5) is 5.69 Å². The van der Waals surface area contributed by atoms with Gasteiger partial charge in [0.25, 0.3) is 0 Å². The van der Waals surface area contributed by atoms with E-state index in [0.717, 1.165) is 17.5 Å². The van der Waals surface area contributed by atoms with Crippen molar-refractivity contribution in [3.05, 3.63) is 59.7 Å². The van der Waals surface area contributed by atoms with Gasteiger partial charge < -0.3 is 10.1 Å². The van der Waals surface area contributed by atoms with Crippen LogP contribution in [0.5, 0.6) is 5.75 Å². The van der Waals surface area contributed by atoms with E-state index in [4.69, 9.17) is 4.74 Å². The Kier molecular flexibility index (Phi) is 8.08. The fraction of sp³-hybridized carbons (Fsp3) is 0.409. The van der Waals surface area contributed by atoms with E-state index < -0.39 is 10.0 Å².